The molecular formula is C20H25NO2. The zero-order chi connectivity index (χ0) is 17.0. The summed E-state index contributed by atoms with van der Waals surface area (Å²) < 4.78 is 5.43. The van der Waals surface area contributed by atoms with Crippen LogP contribution in [0.4, 0.5) is 0 Å². The molecule has 0 N–H and O–H groups in total. The molecule has 0 fully saturated rings. The summed E-state index contributed by atoms with van der Waals surface area (Å²) >= 11 is 0. The van der Waals surface area contributed by atoms with Crippen LogP contribution in [0.1, 0.15) is 39.0 Å². The number of carbonyl (C=O) groups excluding carboxylic acids is 1. The molecule has 1 aromatic heterocycles. The van der Waals surface area contributed by atoms with Gasteiger partial charge in [0, 0.05) is 11.9 Å². The third kappa shape index (κ3) is 5.20. The molecule has 1 aromatic carbocycles. The molecule has 2 rings (SSSR count). The first-order chi connectivity index (χ1) is 10.7. The van der Waals surface area contributed by atoms with E-state index in [4.69, 9.17) is 4.74 Å². The van der Waals surface area contributed by atoms with Gasteiger partial charge in [0.2, 0.25) is 0 Å². The largest absolute Gasteiger partial charge is 0.460 e. The Balaban J connectivity index is 2.04. The maximum absolute atomic E-state index is 12.1. The summed E-state index contributed by atoms with van der Waals surface area (Å²) in [6, 6.07) is 12.4. The number of carbonyl (C=O) groups is 1. The lowest BCUT2D eigenvalue weighted by Gasteiger charge is -2.22. The fraction of sp³-hybridized carbons (Fsp3) is 0.400. The summed E-state index contributed by atoms with van der Waals surface area (Å²) in [5, 5.41) is 0. The first-order valence-electron chi connectivity index (χ1n) is 7.99. The molecule has 0 spiro atoms. The highest BCUT2D eigenvalue weighted by molar-refractivity contribution is 5.73. The second-order valence-electron chi connectivity index (χ2n) is 7.02. The van der Waals surface area contributed by atoms with Crippen LogP contribution in [0.3, 0.4) is 0 Å². The van der Waals surface area contributed by atoms with Crippen molar-refractivity contribution in [2.24, 2.45) is 5.92 Å². The number of hydrogen-bond acceptors (Lipinski definition) is 3. The van der Waals surface area contributed by atoms with Gasteiger partial charge in [-0.15, -0.1) is 0 Å². The van der Waals surface area contributed by atoms with Crippen molar-refractivity contribution in [3.8, 4) is 11.1 Å². The van der Waals surface area contributed by atoms with Crippen LogP contribution in [0.25, 0.3) is 11.1 Å². The van der Waals surface area contributed by atoms with E-state index in [2.05, 4.69) is 35.3 Å². The van der Waals surface area contributed by atoms with E-state index in [-0.39, 0.29) is 11.9 Å². The van der Waals surface area contributed by atoms with Crippen LogP contribution < -0.4 is 0 Å². The molecule has 0 saturated heterocycles. The lowest BCUT2D eigenvalue weighted by molar-refractivity contribution is -0.159. The molecule has 1 unspecified atom stereocenters. The van der Waals surface area contributed by atoms with Gasteiger partial charge >= 0.3 is 5.97 Å². The molecule has 0 aliphatic carbocycles. The van der Waals surface area contributed by atoms with E-state index in [0.717, 1.165) is 22.4 Å². The number of ether oxygens (including phenoxy) is 1. The number of benzene rings is 1. The fourth-order valence-electron chi connectivity index (χ4n) is 2.40. The second-order valence-corrected chi connectivity index (χ2v) is 7.02. The number of rotatable bonds is 4. The number of esters is 1. The Hall–Kier alpha value is -2.16. The molecule has 0 amide bonds. The van der Waals surface area contributed by atoms with Crippen LogP contribution in [0, 0.1) is 12.8 Å². The van der Waals surface area contributed by atoms with Crippen molar-refractivity contribution in [1.82, 2.24) is 4.98 Å². The third-order valence-corrected chi connectivity index (χ3v) is 3.53. The summed E-state index contributed by atoms with van der Waals surface area (Å²) in [5.41, 5.74) is 4.02. The molecule has 3 heteroatoms. The Labute approximate surface area is 138 Å². The summed E-state index contributed by atoms with van der Waals surface area (Å²) in [4.78, 5) is 16.3. The van der Waals surface area contributed by atoms with E-state index in [9.17, 15) is 4.79 Å². The molecule has 1 atom stereocenters. The lowest BCUT2D eigenvalue weighted by Crippen LogP contribution is -2.28. The van der Waals surface area contributed by atoms with Crippen molar-refractivity contribution in [2.45, 2.75) is 46.6 Å². The van der Waals surface area contributed by atoms with Crippen molar-refractivity contribution < 1.29 is 9.53 Å². The summed E-state index contributed by atoms with van der Waals surface area (Å²) in [5.74, 6) is -0.297. The van der Waals surface area contributed by atoms with Gasteiger partial charge in [-0.3, -0.25) is 9.78 Å². The van der Waals surface area contributed by atoms with Crippen molar-refractivity contribution in [2.75, 3.05) is 0 Å². The van der Waals surface area contributed by atoms with Gasteiger partial charge < -0.3 is 4.74 Å². The second kappa shape index (κ2) is 6.95. The molecule has 0 aliphatic rings. The van der Waals surface area contributed by atoms with Crippen LogP contribution in [0.15, 0.2) is 42.6 Å². The van der Waals surface area contributed by atoms with Gasteiger partial charge in [0.15, 0.2) is 0 Å². The highest BCUT2D eigenvalue weighted by Gasteiger charge is 2.21. The minimum Gasteiger partial charge on any atom is -0.460 e. The molecule has 0 radical (unpaired) electrons. The van der Waals surface area contributed by atoms with Crippen molar-refractivity contribution >= 4 is 5.97 Å². The molecule has 0 saturated carbocycles. The normalized spacial score (nSPS) is 12.7. The molecular weight excluding hydrogens is 286 g/mol. The number of hydrogen-bond donors (Lipinski definition) is 0. The molecule has 3 nitrogen and oxygen atoms in total. The molecule has 1 heterocycles. The molecule has 0 aliphatic heterocycles. The van der Waals surface area contributed by atoms with Crippen LogP contribution >= 0.6 is 0 Å². The van der Waals surface area contributed by atoms with Gasteiger partial charge in [0.05, 0.1) is 5.92 Å². The minimum atomic E-state index is -0.436. The predicted octanol–water partition coefficient (Wildman–Crippen LogP) is 4.58. The van der Waals surface area contributed by atoms with Gasteiger partial charge in [-0.2, -0.15) is 0 Å². The van der Waals surface area contributed by atoms with E-state index in [1.165, 1.54) is 0 Å². The van der Waals surface area contributed by atoms with Gasteiger partial charge in [-0.25, -0.2) is 0 Å². The quantitative estimate of drug-likeness (QED) is 0.776. The van der Waals surface area contributed by atoms with E-state index < -0.39 is 5.60 Å². The lowest BCUT2D eigenvalue weighted by atomic mass is 9.98. The molecule has 0 bridgehead atoms. The first-order valence-corrected chi connectivity index (χ1v) is 7.99. The topological polar surface area (TPSA) is 39.2 Å². The zero-order valence-corrected chi connectivity index (χ0v) is 14.6. The Kier molecular flexibility index (Phi) is 5.19. The Morgan fingerprint density at radius 2 is 1.78 bits per heavy atom. The van der Waals surface area contributed by atoms with Crippen molar-refractivity contribution in [3.63, 3.8) is 0 Å². The molecule has 23 heavy (non-hydrogen) atoms. The Bertz CT molecular complexity index is 669. The predicted molar refractivity (Wildman–Crippen MR) is 93.1 cm³/mol. The monoisotopic (exact) mass is 311 g/mol. The van der Waals surface area contributed by atoms with Crippen LogP contribution in [0.5, 0.6) is 0 Å². The van der Waals surface area contributed by atoms with Crippen molar-refractivity contribution in [3.05, 3.63) is 53.9 Å². The number of pyridine rings is 1. The van der Waals surface area contributed by atoms with Crippen molar-refractivity contribution in [1.29, 1.82) is 0 Å². The van der Waals surface area contributed by atoms with E-state index in [0.29, 0.717) is 6.42 Å². The fourth-order valence-corrected chi connectivity index (χ4v) is 2.40. The smallest absolute Gasteiger partial charge is 0.309 e. The highest BCUT2D eigenvalue weighted by Crippen LogP contribution is 2.21. The zero-order valence-electron chi connectivity index (χ0n) is 14.6. The maximum atomic E-state index is 12.1. The highest BCUT2D eigenvalue weighted by atomic mass is 16.6. The van der Waals surface area contributed by atoms with Gasteiger partial charge in [-0.1, -0.05) is 31.2 Å². The average Bonchev–Trinajstić information content (AvgIpc) is 2.46. The third-order valence-electron chi connectivity index (χ3n) is 3.53. The summed E-state index contributed by atoms with van der Waals surface area (Å²) in [7, 11) is 0. The minimum absolute atomic E-state index is 0.147. The summed E-state index contributed by atoms with van der Waals surface area (Å²) in [6.07, 6.45) is 2.51. The summed E-state index contributed by atoms with van der Waals surface area (Å²) in [6.45, 7) is 9.57. The number of aryl methyl sites for hydroxylation is 1. The van der Waals surface area contributed by atoms with Crippen LogP contribution in [-0.2, 0) is 16.0 Å². The van der Waals surface area contributed by atoms with Gasteiger partial charge in [-0.05, 0) is 62.9 Å². The van der Waals surface area contributed by atoms with Gasteiger partial charge in [0.25, 0.3) is 0 Å². The number of nitrogens with zero attached hydrogens (tertiary/aromatic N) is 1. The SMILES string of the molecule is Cc1cc(-c2ccc(CC(C)C(=O)OC(C)(C)C)cc2)ccn1. The Morgan fingerprint density at radius 3 is 2.35 bits per heavy atom. The maximum Gasteiger partial charge on any atom is 0.309 e. The first kappa shape index (κ1) is 17.2. The van der Waals surface area contributed by atoms with E-state index in [1.807, 2.05) is 46.9 Å². The van der Waals surface area contributed by atoms with E-state index in [1.54, 1.807) is 0 Å². The van der Waals surface area contributed by atoms with Crippen LogP contribution in [-0.4, -0.2) is 16.6 Å². The van der Waals surface area contributed by atoms with Crippen LogP contribution in [0.2, 0.25) is 0 Å². The average molecular weight is 311 g/mol. The molecule has 122 valence electrons. The molecule has 2 aromatic rings. The Morgan fingerprint density at radius 1 is 1.13 bits per heavy atom. The van der Waals surface area contributed by atoms with Gasteiger partial charge in [0.1, 0.15) is 5.60 Å². The number of aromatic nitrogens is 1. The standard InChI is InChI=1S/C20H25NO2/c1-14(19(22)23-20(3,4)5)12-16-6-8-17(9-7-16)18-10-11-21-15(2)13-18/h6-11,13-14H,12H2,1-5H3. The van der Waals surface area contributed by atoms with E-state index >= 15 is 0 Å².